The number of nitrogens with zero attached hydrogens (tertiary/aromatic N) is 1. The molecule has 0 saturated carbocycles. The van der Waals surface area contributed by atoms with Gasteiger partial charge in [0, 0.05) is 11.1 Å². The van der Waals surface area contributed by atoms with Crippen molar-refractivity contribution in [1.29, 1.82) is 0 Å². The fraction of sp³-hybridized carbons (Fsp3) is 0.484. The number of carbonyl (C=O) groups excluding carboxylic acids is 1. The zero-order valence-corrected chi connectivity index (χ0v) is 22.7. The van der Waals surface area contributed by atoms with Crippen LogP contribution >= 0.6 is 11.3 Å². The van der Waals surface area contributed by atoms with Crippen LogP contribution in [0.5, 0.6) is 5.75 Å². The lowest BCUT2D eigenvalue weighted by Gasteiger charge is -2.10. The van der Waals surface area contributed by atoms with Gasteiger partial charge >= 0.3 is 0 Å². The van der Waals surface area contributed by atoms with Gasteiger partial charge in [-0.2, -0.15) is 4.57 Å². The fourth-order valence-electron chi connectivity index (χ4n) is 4.36. The minimum absolute atomic E-state index is 0.106. The zero-order valence-electron chi connectivity index (χ0n) is 21.9. The molecule has 0 fully saturated rings. The van der Waals surface area contributed by atoms with Crippen molar-refractivity contribution in [3.63, 3.8) is 0 Å². The highest BCUT2D eigenvalue weighted by molar-refractivity contribution is 7.07. The Hall–Kier alpha value is -2.66. The van der Waals surface area contributed by atoms with Crippen LogP contribution in [0.3, 0.4) is 0 Å². The van der Waals surface area contributed by atoms with Crippen LogP contribution in [-0.2, 0) is 6.54 Å². The molecule has 0 aliphatic carbocycles. The van der Waals surface area contributed by atoms with Crippen LogP contribution in [0, 0.1) is 0 Å². The third-order valence-corrected chi connectivity index (χ3v) is 7.20. The van der Waals surface area contributed by atoms with Crippen LogP contribution in [0.15, 0.2) is 65.6 Å². The molecule has 0 saturated heterocycles. The maximum absolute atomic E-state index is 12.8. The lowest BCUT2D eigenvalue weighted by molar-refractivity contribution is -0.683. The monoisotopic (exact) mass is 507 g/mol. The van der Waals surface area contributed by atoms with Gasteiger partial charge in [0.05, 0.1) is 17.7 Å². The molecule has 0 aliphatic heterocycles. The van der Waals surface area contributed by atoms with E-state index in [1.165, 1.54) is 70.6 Å². The molecule has 1 N–H and O–H groups in total. The summed E-state index contributed by atoms with van der Waals surface area (Å²) in [4.78, 5) is 12.8. The van der Waals surface area contributed by atoms with Gasteiger partial charge in [0.25, 0.3) is 5.91 Å². The number of para-hydroxylation sites is 1. The van der Waals surface area contributed by atoms with Gasteiger partial charge in [-0.25, -0.2) is 0 Å². The Kier molecular flexibility index (Phi) is 13.1. The summed E-state index contributed by atoms with van der Waals surface area (Å²) < 4.78 is 8.00. The summed E-state index contributed by atoms with van der Waals surface area (Å²) in [5.41, 5.74) is 4.62. The van der Waals surface area contributed by atoms with E-state index >= 15 is 0 Å². The fourth-order valence-corrected chi connectivity index (χ4v) is 4.96. The van der Waals surface area contributed by atoms with Crippen molar-refractivity contribution in [2.45, 2.75) is 90.5 Å². The second kappa shape index (κ2) is 16.9. The highest BCUT2D eigenvalue weighted by Gasteiger charge is 2.12. The molecule has 0 bridgehead atoms. The van der Waals surface area contributed by atoms with E-state index in [0.29, 0.717) is 5.56 Å². The number of hydrogen-bond donors (Lipinski definition) is 1. The number of ether oxygens (including phenoxy) is 1. The van der Waals surface area contributed by atoms with E-state index in [1.807, 2.05) is 60.1 Å². The van der Waals surface area contributed by atoms with E-state index in [-0.39, 0.29) is 5.91 Å². The molecular weight excluding hydrogens is 464 g/mol. The highest BCUT2D eigenvalue weighted by atomic mass is 32.1. The molecule has 0 atom stereocenters. The zero-order chi connectivity index (χ0) is 25.3. The Labute approximate surface area is 221 Å². The van der Waals surface area contributed by atoms with E-state index < -0.39 is 0 Å². The third-order valence-electron chi connectivity index (χ3n) is 6.53. The molecule has 0 radical (unpaired) electrons. The number of unbranched alkanes of at least 4 members (excludes halogenated alkanes) is 11. The van der Waals surface area contributed by atoms with Crippen LogP contribution < -0.4 is 14.6 Å². The first-order valence-electron chi connectivity index (χ1n) is 13.8. The van der Waals surface area contributed by atoms with Crippen molar-refractivity contribution in [2.75, 3.05) is 11.9 Å². The minimum Gasteiger partial charge on any atom is -0.494 e. The summed E-state index contributed by atoms with van der Waals surface area (Å²) >= 11 is 1.66. The number of carbonyl (C=O) groups is 1. The standard InChI is InChI=1S/C31H42N2O2S/c1-2-3-4-5-6-7-8-9-10-11-12-15-23-35-29-20-18-27(19-21-29)31(34)32-30-17-14-13-16-28(30)25-33-22-24-36-26-33/h13-14,16-22,24,26H,2-12,15,23,25H2,1H3/p+1. The van der Waals surface area contributed by atoms with Crippen molar-refractivity contribution in [1.82, 2.24) is 0 Å². The predicted octanol–water partition coefficient (Wildman–Crippen LogP) is 8.42. The lowest BCUT2D eigenvalue weighted by atomic mass is 10.1. The molecule has 36 heavy (non-hydrogen) atoms. The molecule has 3 aromatic rings. The van der Waals surface area contributed by atoms with E-state index in [0.717, 1.165) is 36.6 Å². The summed E-state index contributed by atoms with van der Waals surface area (Å²) in [6.45, 7) is 3.74. The van der Waals surface area contributed by atoms with Crippen molar-refractivity contribution >= 4 is 22.9 Å². The Morgan fingerprint density at radius 2 is 1.47 bits per heavy atom. The Morgan fingerprint density at radius 3 is 2.11 bits per heavy atom. The number of rotatable bonds is 18. The van der Waals surface area contributed by atoms with Crippen LogP contribution in [-0.4, -0.2) is 12.5 Å². The average Bonchev–Trinajstić information content (AvgIpc) is 3.41. The number of hydrogen-bond acceptors (Lipinski definition) is 3. The van der Waals surface area contributed by atoms with E-state index in [9.17, 15) is 4.79 Å². The number of thiazole rings is 1. The lowest BCUT2D eigenvalue weighted by Crippen LogP contribution is -2.31. The Morgan fingerprint density at radius 1 is 0.833 bits per heavy atom. The first kappa shape index (κ1) is 27.9. The smallest absolute Gasteiger partial charge is 0.255 e. The van der Waals surface area contributed by atoms with Crippen molar-refractivity contribution in [2.24, 2.45) is 0 Å². The molecule has 1 aromatic heterocycles. The molecule has 0 aliphatic rings. The van der Waals surface area contributed by atoms with Crippen LogP contribution in [0.2, 0.25) is 0 Å². The van der Waals surface area contributed by atoms with Gasteiger partial charge in [0.2, 0.25) is 5.51 Å². The van der Waals surface area contributed by atoms with Crippen molar-refractivity contribution in [3.05, 3.63) is 76.7 Å². The molecule has 3 rings (SSSR count). The predicted molar refractivity (Wildman–Crippen MR) is 151 cm³/mol. The first-order chi connectivity index (χ1) is 17.8. The van der Waals surface area contributed by atoms with Crippen LogP contribution in [0.1, 0.15) is 99.9 Å². The van der Waals surface area contributed by atoms with Gasteiger partial charge in [-0.05, 0) is 36.8 Å². The molecule has 5 heteroatoms. The number of amides is 1. The Bertz CT molecular complexity index is 986. The number of nitrogens with one attached hydrogen (secondary N) is 1. The largest absolute Gasteiger partial charge is 0.494 e. The molecule has 4 nitrogen and oxygen atoms in total. The average molecular weight is 508 g/mol. The molecule has 2 aromatic carbocycles. The van der Waals surface area contributed by atoms with Gasteiger partial charge in [-0.1, -0.05) is 107 Å². The van der Waals surface area contributed by atoms with E-state index in [1.54, 1.807) is 11.3 Å². The SMILES string of the molecule is CCCCCCCCCCCCCCOc1ccc(C(=O)Nc2ccccc2C[n+]2ccsc2)cc1. The van der Waals surface area contributed by atoms with Gasteiger partial charge in [0.15, 0.2) is 12.7 Å². The third kappa shape index (κ3) is 10.5. The molecular formula is C31H43N2O2S+. The second-order valence-corrected chi connectivity index (χ2v) is 10.3. The van der Waals surface area contributed by atoms with E-state index in [2.05, 4.69) is 22.3 Å². The normalized spacial score (nSPS) is 10.9. The minimum atomic E-state index is -0.106. The maximum atomic E-state index is 12.8. The van der Waals surface area contributed by atoms with Gasteiger partial charge in [-0.3, -0.25) is 4.79 Å². The van der Waals surface area contributed by atoms with Gasteiger partial charge in [-0.15, -0.1) is 0 Å². The topological polar surface area (TPSA) is 42.2 Å². The molecule has 1 amide bonds. The van der Waals surface area contributed by atoms with Gasteiger partial charge < -0.3 is 10.1 Å². The van der Waals surface area contributed by atoms with Crippen LogP contribution in [0.4, 0.5) is 5.69 Å². The number of aromatic nitrogens is 1. The summed E-state index contributed by atoms with van der Waals surface area (Å²) in [5.74, 6) is 0.717. The molecule has 0 spiro atoms. The molecule has 0 unspecified atom stereocenters. The number of anilines is 1. The summed E-state index contributed by atoms with van der Waals surface area (Å²) in [6, 6.07) is 15.4. The quantitative estimate of drug-likeness (QED) is 0.139. The van der Waals surface area contributed by atoms with Crippen molar-refractivity contribution < 1.29 is 14.1 Å². The summed E-state index contributed by atoms with van der Waals surface area (Å²) in [5, 5.41) is 5.11. The summed E-state index contributed by atoms with van der Waals surface area (Å²) in [7, 11) is 0. The highest BCUT2D eigenvalue weighted by Crippen LogP contribution is 2.18. The first-order valence-corrected chi connectivity index (χ1v) is 14.7. The molecule has 194 valence electrons. The summed E-state index contributed by atoms with van der Waals surface area (Å²) in [6.07, 6.45) is 18.1. The maximum Gasteiger partial charge on any atom is 0.255 e. The second-order valence-electron chi connectivity index (χ2n) is 9.57. The molecule has 1 heterocycles. The van der Waals surface area contributed by atoms with Gasteiger partial charge in [0.1, 0.15) is 5.75 Å². The van der Waals surface area contributed by atoms with Crippen molar-refractivity contribution in [3.8, 4) is 5.75 Å². The Balaban J connectivity index is 1.29. The van der Waals surface area contributed by atoms with Crippen LogP contribution in [0.25, 0.3) is 0 Å². The number of benzene rings is 2. The van der Waals surface area contributed by atoms with E-state index in [4.69, 9.17) is 4.74 Å².